The van der Waals surface area contributed by atoms with Gasteiger partial charge in [0.05, 0.1) is 5.56 Å². The monoisotopic (exact) mass is 339 g/mol. The van der Waals surface area contributed by atoms with E-state index in [0.29, 0.717) is 5.76 Å². The van der Waals surface area contributed by atoms with Crippen molar-refractivity contribution in [2.75, 3.05) is 10.6 Å². The molecule has 0 atom stereocenters. The smallest absolute Gasteiger partial charge is 0.360 e. The second-order valence-corrected chi connectivity index (χ2v) is 4.71. The normalized spacial score (nSPS) is 11.5. The number of nitrogens with one attached hydrogen (secondary N) is 2. The Morgan fingerprint density at radius 2 is 1.79 bits per heavy atom. The summed E-state index contributed by atoms with van der Waals surface area (Å²) in [6.45, 7) is 1.64. The Labute approximate surface area is 134 Å². The van der Waals surface area contributed by atoms with E-state index >= 15 is 0 Å². The third kappa shape index (κ3) is 4.97. The van der Waals surface area contributed by atoms with E-state index in [1.54, 1.807) is 6.92 Å². The highest BCUT2D eigenvalue weighted by Crippen LogP contribution is 2.30. The van der Waals surface area contributed by atoms with E-state index in [1.165, 1.54) is 18.2 Å². The van der Waals surface area contributed by atoms with Crippen LogP contribution in [0.15, 0.2) is 47.0 Å². The van der Waals surface area contributed by atoms with Gasteiger partial charge in [0.25, 0.3) is 0 Å². The quantitative estimate of drug-likeness (QED) is 0.838. The summed E-state index contributed by atoms with van der Waals surface area (Å²) in [7, 11) is 0. The number of rotatable bonds is 4. The zero-order valence-corrected chi connectivity index (χ0v) is 12.3. The number of carbonyl (C=O) groups is 2. The van der Waals surface area contributed by atoms with Crippen molar-refractivity contribution < 1.29 is 27.3 Å². The summed E-state index contributed by atoms with van der Waals surface area (Å²) < 4.78 is 42.5. The van der Waals surface area contributed by atoms with Crippen LogP contribution in [0, 0.1) is 6.92 Å². The molecule has 24 heavy (non-hydrogen) atoms. The Morgan fingerprint density at radius 3 is 2.38 bits per heavy atom. The zero-order valence-electron chi connectivity index (χ0n) is 12.3. The molecule has 9 heteroatoms. The third-order valence-corrected chi connectivity index (χ3v) is 2.72. The molecule has 6 nitrogen and oxygen atoms in total. The van der Waals surface area contributed by atoms with Crippen molar-refractivity contribution in [2.24, 2.45) is 0 Å². The van der Waals surface area contributed by atoms with E-state index in [1.807, 2.05) is 0 Å². The highest BCUT2D eigenvalue weighted by Gasteiger charge is 2.30. The van der Waals surface area contributed by atoms with Crippen LogP contribution < -0.4 is 10.6 Å². The topological polar surface area (TPSA) is 84.2 Å². The minimum absolute atomic E-state index is 0.0352. The van der Waals surface area contributed by atoms with Crippen molar-refractivity contribution in [1.82, 2.24) is 5.16 Å². The van der Waals surface area contributed by atoms with Gasteiger partial charge in [-0.05, 0) is 25.1 Å². The van der Waals surface area contributed by atoms with E-state index in [-0.39, 0.29) is 11.5 Å². The first-order valence-electron chi connectivity index (χ1n) is 6.64. The molecule has 0 unspecified atom stereocenters. The van der Waals surface area contributed by atoms with Crippen LogP contribution >= 0.6 is 0 Å². The Morgan fingerprint density at radius 1 is 1.12 bits per heavy atom. The lowest BCUT2D eigenvalue weighted by atomic mass is 10.2. The third-order valence-electron chi connectivity index (χ3n) is 2.72. The predicted molar refractivity (Wildman–Crippen MR) is 79.1 cm³/mol. The molecule has 1 aromatic carbocycles. The highest BCUT2D eigenvalue weighted by molar-refractivity contribution is 6.06. The number of nitrogens with zero attached hydrogens (tertiary/aromatic N) is 1. The minimum Gasteiger partial charge on any atom is -0.360 e. The van der Waals surface area contributed by atoms with Gasteiger partial charge < -0.3 is 15.2 Å². The van der Waals surface area contributed by atoms with Gasteiger partial charge in [0.2, 0.25) is 11.8 Å². The van der Waals surface area contributed by atoms with Crippen molar-refractivity contribution in [2.45, 2.75) is 13.1 Å². The van der Waals surface area contributed by atoms with Crippen molar-refractivity contribution in [1.29, 1.82) is 0 Å². The van der Waals surface area contributed by atoms with Gasteiger partial charge in [-0.2, -0.15) is 13.2 Å². The molecule has 0 saturated heterocycles. The molecule has 2 aromatic rings. The molecule has 0 aliphatic heterocycles. The maximum absolute atomic E-state index is 12.6. The van der Waals surface area contributed by atoms with E-state index in [9.17, 15) is 22.8 Å². The van der Waals surface area contributed by atoms with Gasteiger partial charge in [-0.15, -0.1) is 0 Å². The number of halogens is 3. The standard InChI is InChI=1S/C15H12F3N3O3/c1-9-7-12(21-24-9)20-14(23)6-5-13(22)19-11-4-2-3-10(8-11)15(16,17)18/h2-8H,1H3,(H,19,22)(H,20,21,23)/b6-5+. The second-order valence-electron chi connectivity index (χ2n) is 4.71. The molecule has 0 fully saturated rings. The Hall–Kier alpha value is -3.10. The number of amides is 2. The first-order chi connectivity index (χ1) is 11.2. The molecule has 0 spiro atoms. The van der Waals surface area contributed by atoms with Crippen molar-refractivity contribution in [3.8, 4) is 0 Å². The van der Waals surface area contributed by atoms with Crippen LogP contribution in [0.1, 0.15) is 11.3 Å². The molecule has 1 aromatic heterocycles. The van der Waals surface area contributed by atoms with Crippen molar-refractivity contribution in [3.63, 3.8) is 0 Å². The molecule has 2 N–H and O–H groups in total. The summed E-state index contributed by atoms with van der Waals surface area (Å²) in [4.78, 5) is 23.2. The van der Waals surface area contributed by atoms with Crippen LogP contribution in [-0.4, -0.2) is 17.0 Å². The summed E-state index contributed by atoms with van der Waals surface area (Å²) >= 11 is 0. The second kappa shape index (κ2) is 6.99. The molecule has 1 heterocycles. The maximum atomic E-state index is 12.6. The van der Waals surface area contributed by atoms with Crippen LogP contribution in [0.2, 0.25) is 0 Å². The molecule has 0 aliphatic rings. The SMILES string of the molecule is Cc1cc(NC(=O)/C=C/C(=O)Nc2cccc(C(F)(F)F)c2)no1. The molecule has 2 rings (SSSR count). The highest BCUT2D eigenvalue weighted by atomic mass is 19.4. The fraction of sp³-hybridized carbons (Fsp3) is 0.133. The average molecular weight is 339 g/mol. The zero-order chi connectivity index (χ0) is 17.7. The summed E-state index contributed by atoms with van der Waals surface area (Å²) in [5, 5.41) is 8.12. The Balaban J connectivity index is 1.94. The van der Waals surface area contributed by atoms with Gasteiger partial charge in [0.1, 0.15) is 5.76 Å². The van der Waals surface area contributed by atoms with Gasteiger partial charge in [-0.25, -0.2) is 0 Å². The summed E-state index contributed by atoms with van der Waals surface area (Å²) in [5.41, 5.74) is -0.921. The number of benzene rings is 1. The van der Waals surface area contributed by atoms with E-state index in [4.69, 9.17) is 4.52 Å². The molecule has 0 aliphatic carbocycles. The summed E-state index contributed by atoms with van der Waals surface area (Å²) in [5.74, 6) is -0.708. The average Bonchev–Trinajstić information content (AvgIpc) is 2.90. The number of hydrogen-bond acceptors (Lipinski definition) is 4. The first kappa shape index (κ1) is 17.3. The molecular weight excluding hydrogens is 327 g/mol. The van der Waals surface area contributed by atoms with Gasteiger partial charge in [0, 0.05) is 23.9 Å². The molecule has 0 bridgehead atoms. The van der Waals surface area contributed by atoms with Crippen LogP contribution in [0.3, 0.4) is 0 Å². The van der Waals surface area contributed by atoms with Crippen molar-refractivity contribution >= 4 is 23.3 Å². The Bertz CT molecular complexity index is 782. The number of aryl methyl sites for hydroxylation is 1. The van der Waals surface area contributed by atoms with Gasteiger partial charge in [-0.3, -0.25) is 9.59 Å². The predicted octanol–water partition coefficient (Wildman–Crippen LogP) is 3.14. The largest absolute Gasteiger partial charge is 0.416 e. The van der Waals surface area contributed by atoms with Crippen LogP contribution in [0.25, 0.3) is 0 Å². The lowest BCUT2D eigenvalue weighted by Gasteiger charge is -2.08. The van der Waals surface area contributed by atoms with Gasteiger partial charge >= 0.3 is 6.18 Å². The lowest BCUT2D eigenvalue weighted by Crippen LogP contribution is -2.13. The van der Waals surface area contributed by atoms with Crippen LogP contribution in [0.5, 0.6) is 0 Å². The number of anilines is 2. The van der Waals surface area contributed by atoms with Gasteiger partial charge in [0.15, 0.2) is 5.82 Å². The van der Waals surface area contributed by atoms with Crippen LogP contribution in [0.4, 0.5) is 24.7 Å². The summed E-state index contributed by atoms with van der Waals surface area (Å²) in [6.07, 6.45) is -2.69. The fourth-order valence-electron chi connectivity index (χ4n) is 1.70. The molecule has 126 valence electrons. The fourth-order valence-corrected chi connectivity index (χ4v) is 1.70. The first-order valence-corrected chi connectivity index (χ1v) is 6.64. The number of aromatic nitrogens is 1. The minimum atomic E-state index is -4.51. The van der Waals surface area contributed by atoms with E-state index in [0.717, 1.165) is 24.3 Å². The molecule has 0 saturated carbocycles. The van der Waals surface area contributed by atoms with Gasteiger partial charge in [-0.1, -0.05) is 11.2 Å². The maximum Gasteiger partial charge on any atom is 0.416 e. The molecule has 2 amide bonds. The lowest BCUT2D eigenvalue weighted by molar-refractivity contribution is -0.137. The molecular formula is C15H12F3N3O3. The van der Waals surface area contributed by atoms with Crippen LogP contribution in [-0.2, 0) is 15.8 Å². The molecule has 0 radical (unpaired) electrons. The number of carbonyl (C=O) groups excluding carboxylic acids is 2. The Kier molecular flexibility index (Phi) is 5.02. The van der Waals surface area contributed by atoms with E-state index in [2.05, 4.69) is 15.8 Å². The summed E-state index contributed by atoms with van der Waals surface area (Å²) in [6, 6.07) is 5.64. The number of alkyl halides is 3. The van der Waals surface area contributed by atoms with E-state index < -0.39 is 23.6 Å². The number of hydrogen-bond donors (Lipinski definition) is 2. The van der Waals surface area contributed by atoms with Crippen molar-refractivity contribution in [3.05, 3.63) is 53.8 Å².